The summed E-state index contributed by atoms with van der Waals surface area (Å²) in [5.41, 5.74) is 6.90. The Bertz CT molecular complexity index is 1840. The zero-order valence-corrected chi connectivity index (χ0v) is 24.9. The van der Waals surface area contributed by atoms with E-state index in [9.17, 15) is 4.79 Å². The molecule has 1 atom stereocenters. The van der Waals surface area contributed by atoms with Crippen LogP contribution in [0.15, 0.2) is 137 Å². The largest absolute Gasteiger partial charge is 0.436 e. The molecule has 6 rings (SSSR count). The minimum absolute atomic E-state index is 0.124. The van der Waals surface area contributed by atoms with E-state index in [1.165, 1.54) is 17.3 Å². The molecule has 0 aliphatic heterocycles. The van der Waals surface area contributed by atoms with Crippen LogP contribution >= 0.6 is 24.0 Å². The van der Waals surface area contributed by atoms with Crippen LogP contribution in [-0.2, 0) is 4.79 Å². The fourth-order valence-corrected chi connectivity index (χ4v) is 5.83. The molecule has 8 heteroatoms. The molecule has 212 valence electrons. The Kier molecular flexibility index (Phi) is 8.49. The third kappa shape index (κ3) is 7.12. The number of nitrogens with zero attached hydrogens (tertiary/aromatic N) is 1. The lowest BCUT2D eigenvalue weighted by atomic mass is 10.1. The van der Waals surface area contributed by atoms with Gasteiger partial charge in [-0.2, -0.15) is 0 Å². The topological polar surface area (TPSA) is 79.2 Å². The maximum absolute atomic E-state index is 13.7. The summed E-state index contributed by atoms with van der Waals surface area (Å²) < 4.78 is 5.89. The second-order valence-corrected chi connectivity index (χ2v) is 11.5. The quantitative estimate of drug-likeness (QED) is 0.119. The van der Waals surface area contributed by atoms with Crippen molar-refractivity contribution in [2.75, 3.05) is 16.0 Å². The zero-order valence-electron chi connectivity index (χ0n) is 23.3. The molecule has 6 aromatic rings. The van der Waals surface area contributed by atoms with Crippen LogP contribution in [0.3, 0.4) is 0 Å². The van der Waals surface area contributed by atoms with Crippen LogP contribution < -0.4 is 16.0 Å². The van der Waals surface area contributed by atoms with Gasteiger partial charge in [0.25, 0.3) is 0 Å². The molecule has 0 saturated heterocycles. The van der Waals surface area contributed by atoms with Crippen molar-refractivity contribution in [1.29, 1.82) is 0 Å². The highest BCUT2D eigenvalue weighted by molar-refractivity contribution is 8.00. The molecular formula is C35H28N4O2S2. The number of oxazole rings is 1. The third-order valence-corrected chi connectivity index (χ3v) is 8.14. The van der Waals surface area contributed by atoms with E-state index < -0.39 is 5.25 Å². The van der Waals surface area contributed by atoms with Crippen molar-refractivity contribution in [3.63, 3.8) is 0 Å². The van der Waals surface area contributed by atoms with E-state index in [4.69, 9.17) is 16.6 Å². The lowest BCUT2D eigenvalue weighted by Gasteiger charge is -2.18. The number of thiocarbonyl (C=S) groups is 1. The number of aryl methyl sites for hydroxylation is 1. The highest BCUT2D eigenvalue weighted by Gasteiger charge is 2.22. The molecule has 0 aliphatic carbocycles. The van der Waals surface area contributed by atoms with Crippen LogP contribution in [0.4, 0.5) is 17.1 Å². The highest BCUT2D eigenvalue weighted by atomic mass is 32.2. The van der Waals surface area contributed by atoms with Gasteiger partial charge in [-0.3, -0.25) is 4.79 Å². The number of carbonyl (C=O) groups excluding carboxylic acids is 1. The van der Waals surface area contributed by atoms with Gasteiger partial charge in [-0.25, -0.2) is 4.98 Å². The highest BCUT2D eigenvalue weighted by Crippen LogP contribution is 2.37. The Hall–Kier alpha value is -4.92. The number of hydrogen-bond acceptors (Lipinski definition) is 5. The molecule has 0 spiro atoms. The van der Waals surface area contributed by atoms with Gasteiger partial charge in [-0.1, -0.05) is 66.2 Å². The molecule has 43 heavy (non-hydrogen) atoms. The first-order valence-electron chi connectivity index (χ1n) is 13.7. The first kappa shape index (κ1) is 28.2. The number of hydrogen-bond donors (Lipinski definition) is 3. The van der Waals surface area contributed by atoms with Crippen molar-refractivity contribution in [2.45, 2.75) is 17.1 Å². The number of aromatic nitrogens is 1. The lowest BCUT2D eigenvalue weighted by molar-refractivity contribution is -0.115. The molecule has 0 aliphatic rings. The molecule has 0 saturated carbocycles. The molecule has 1 heterocycles. The van der Waals surface area contributed by atoms with E-state index in [1.54, 1.807) is 0 Å². The molecule has 1 unspecified atom stereocenters. The molecule has 6 nitrogen and oxygen atoms in total. The van der Waals surface area contributed by atoms with Gasteiger partial charge in [0.1, 0.15) is 10.8 Å². The van der Waals surface area contributed by atoms with Crippen LogP contribution in [-0.4, -0.2) is 16.0 Å². The number of fused-ring (bicyclic) bond motifs is 1. The third-order valence-electron chi connectivity index (χ3n) is 6.69. The fraction of sp³-hybridized carbons (Fsp3) is 0.0571. The van der Waals surface area contributed by atoms with E-state index in [0.717, 1.165) is 38.5 Å². The van der Waals surface area contributed by atoms with Crippen molar-refractivity contribution in [3.05, 3.63) is 139 Å². The van der Waals surface area contributed by atoms with Crippen LogP contribution in [0.2, 0.25) is 0 Å². The molecule has 1 aromatic heterocycles. The average molecular weight is 601 g/mol. The van der Waals surface area contributed by atoms with Gasteiger partial charge in [-0.05, 0) is 91.4 Å². The number of carbonyl (C=O) groups is 1. The summed E-state index contributed by atoms with van der Waals surface area (Å²) >= 11 is 7.00. The Morgan fingerprint density at radius 1 is 0.744 bits per heavy atom. The Labute approximate surface area is 259 Å². The monoisotopic (exact) mass is 600 g/mol. The van der Waals surface area contributed by atoms with E-state index in [1.807, 2.05) is 134 Å². The van der Waals surface area contributed by atoms with Crippen molar-refractivity contribution < 1.29 is 9.21 Å². The SMILES string of the molecule is Cc1ccc(NC(=S)Nc2cccc(SC(C(=O)Nc3ccc(-c4nc5ccccc5o4)cc3)c3ccccc3)c2)cc1. The normalized spacial score (nSPS) is 11.6. The molecule has 5 aromatic carbocycles. The molecule has 0 bridgehead atoms. The summed E-state index contributed by atoms with van der Waals surface area (Å²) in [5.74, 6) is 0.416. The zero-order chi connectivity index (χ0) is 29.6. The number of thioether (sulfide) groups is 1. The summed E-state index contributed by atoms with van der Waals surface area (Å²) in [6, 6.07) is 40.9. The maximum atomic E-state index is 13.7. The van der Waals surface area contributed by atoms with Gasteiger partial charge < -0.3 is 20.4 Å². The predicted molar refractivity (Wildman–Crippen MR) is 181 cm³/mol. The van der Waals surface area contributed by atoms with Gasteiger partial charge in [0.15, 0.2) is 10.7 Å². The van der Waals surface area contributed by atoms with E-state index in [-0.39, 0.29) is 5.91 Å². The van der Waals surface area contributed by atoms with Gasteiger partial charge in [0, 0.05) is 27.5 Å². The van der Waals surface area contributed by atoms with Gasteiger partial charge in [0.2, 0.25) is 11.8 Å². The first-order chi connectivity index (χ1) is 21.0. The van der Waals surface area contributed by atoms with E-state index in [0.29, 0.717) is 16.7 Å². The molecule has 0 fully saturated rings. The van der Waals surface area contributed by atoms with Crippen LogP contribution in [0.5, 0.6) is 0 Å². The Balaban J connectivity index is 1.15. The maximum Gasteiger partial charge on any atom is 0.242 e. The number of rotatable bonds is 8. The standard InChI is InChI=1S/C35H28N4O2S2/c1-23-14-18-27(19-15-23)37-35(42)38-28-10-7-11-29(22-28)43-32(24-8-3-2-4-9-24)33(40)36-26-20-16-25(17-21-26)34-39-30-12-5-6-13-31(30)41-34/h2-22,32H,1H3,(H,36,40)(H2,37,38,42). The fourth-order valence-electron chi connectivity index (χ4n) is 4.51. The number of nitrogens with one attached hydrogen (secondary N) is 3. The number of anilines is 3. The van der Waals surface area contributed by atoms with Crippen molar-refractivity contribution in [3.8, 4) is 11.5 Å². The Morgan fingerprint density at radius 2 is 1.42 bits per heavy atom. The van der Waals surface area contributed by atoms with Crippen molar-refractivity contribution >= 4 is 63.2 Å². The van der Waals surface area contributed by atoms with Crippen LogP contribution in [0.25, 0.3) is 22.6 Å². The number of para-hydroxylation sites is 2. The summed E-state index contributed by atoms with van der Waals surface area (Å²) in [6.45, 7) is 2.05. The lowest BCUT2D eigenvalue weighted by Crippen LogP contribution is -2.19. The van der Waals surface area contributed by atoms with Gasteiger partial charge in [-0.15, -0.1) is 11.8 Å². The second kappa shape index (κ2) is 12.9. The molecule has 0 radical (unpaired) electrons. The van der Waals surface area contributed by atoms with Gasteiger partial charge >= 0.3 is 0 Å². The number of benzene rings is 5. The molecule has 1 amide bonds. The molecular weight excluding hydrogens is 573 g/mol. The average Bonchev–Trinajstić information content (AvgIpc) is 3.46. The second-order valence-electron chi connectivity index (χ2n) is 9.93. The minimum Gasteiger partial charge on any atom is -0.436 e. The number of amides is 1. The predicted octanol–water partition coefficient (Wildman–Crippen LogP) is 9.08. The first-order valence-corrected chi connectivity index (χ1v) is 15.0. The summed E-state index contributed by atoms with van der Waals surface area (Å²) in [6.07, 6.45) is 0. The van der Waals surface area contributed by atoms with E-state index in [2.05, 4.69) is 20.9 Å². The van der Waals surface area contributed by atoms with Crippen LogP contribution in [0.1, 0.15) is 16.4 Å². The summed E-state index contributed by atoms with van der Waals surface area (Å²) in [4.78, 5) is 19.2. The van der Waals surface area contributed by atoms with Crippen LogP contribution in [0, 0.1) is 6.92 Å². The van der Waals surface area contributed by atoms with Crippen molar-refractivity contribution in [2.24, 2.45) is 0 Å². The Morgan fingerprint density at radius 3 is 2.19 bits per heavy atom. The molecule has 3 N–H and O–H groups in total. The smallest absolute Gasteiger partial charge is 0.242 e. The summed E-state index contributed by atoms with van der Waals surface area (Å²) in [7, 11) is 0. The minimum atomic E-state index is -0.481. The van der Waals surface area contributed by atoms with Gasteiger partial charge in [0.05, 0.1) is 0 Å². The van der Waals surface area contributed by atoms with Crippen molar-refractivity contribution in [1.82, 2.24) is 4.98 Å². The van der Waals surface area contributed by atoms with E-state index >= 15 is 0 Å². The summed E-state index contributed by atoms with van der Waals surface area (Å²) in [5, 5.41) is 9.55.